The van der Waals surface area contributed by atoms with Crippen LogP contribution >= 0.6 is 0 Å². The molecule has 0 fully saturated rings. The fraction of sp³-hybridized carbons (Fsp3) is 0.233. The Morgan fingerprint density at radius 3 is 2.31 bits per heavy atom. The summed E-state index contributed by atoms with van der Waals surface area (Å²) in [4.78, 5) is 4.91. The van der Waals surface area contributed by atoms with Gasteiger partial charge < -0.3 is 5.11 Å². The first-order chi connectivity index (χ1) is 16.4. The largest absolute Gasteiger partial charge is 0.386 e. The number of hydrogen-bond acceptors (Lipinski definition) is 4. The summed E-state index contributed by atoms with van der Waals surface area (Å²) in [7, 11) is -3.29. The summed E-state index contributed by atoms with van der Waals surface area (Å²) in [5.41, 5.74) is 5.61. The van der Waals surface area contributed by atoms with E-state index in [1.807, 2.05) is 30.5 Å². The molecule has 4 aromatic rings. The van der Waals surface area contributed by atoms with Crippen LogP contribution in [0, 0.1) is 0 Å². The number of fused-ring (bicyclic) bond motifs is 1. The van der Waals surface area contributed by atoms with Crippen molar-refractivity contribution < 1.29 is 13.5 Å². The van der Waals surface area contributed by atoms with Crippen LogP contribution in [0.15, 0.2) is 83.9 Å². The van der Waals surface area contributed by atoms with E-state index in [1.165, 1.54) is 11.8 Å². The van der Waals surface area contributed by atoms with Crippen molar-refractivity contribution in [3.63, 3.8) is 0 Å². The highest BCUT2D eigenvalue weighted by atomic mass is 32.2. The Kier molecular flexibility index (Phi) is 6.67. The molecule has 0 radical (unpaired) electrons. The standard InChI is InChI=1S/C30H31NO3S/c1-20(2)25-18-24-10-7-15-31-29(24)27(19-25)23-9-6-8-21(16-23)17-28(30(3,4)32)22-11-13-26(14-12-22)35(5,33)34/h6-20,32H,1-5H3/b28-17+. The van der Waals surface area contributed by atoms with E-state index in [-0.39, 0.29) is 4.90 Å². The Balaban J connectivity index is 1.84. The average Bonchev–Trinajstić information content (AvgIpc) is 2.81. The molecule has 1 N–H and O–H groups in total. The van der Waals surface area contributed by atoms with Crippen LogP contribution in [0.2, 0.25) is 0 Å². The Labute approximate surface area is 207 Å². The van der Waals surface area contributed by atoms with Gasteiger partial charge >= 0.3 is 0 Å². The second-order valence-electron chi connectivity index (χ2n) is 9.84. The molecule has 0 aliphatic heterocycles. The van der Waals surface area contributed by atoms with E-state index >= 15 is 0 Å². The summed E-state index contributed by atoms with van der Waals surface area (Å²) >= 11 is 0. The molecular weight excluding hydrogens is 454 g/mol. The first kappa shape index (κ1) is 24.8. The molecule has 0 atom stereocenters. The monoisotopic (exact) mass is 485 g/mol. The Bertz CT molecular complexity index is 1510. The van der Waals surface area contributed by atoms with Gasteiger partial charge in [-0.1, -0.05) is 50.2 Å². The maximum atomic E-state index is 11.9. The molecule has 1 aromatic heterocycles. The fourth-order valence-electron chi connectivity index (χ4n) is 4.23. The van der Waals surface area contributed by atoms with Crippen LogP contribution in [0.5, 0.6) is 0 Å². The van der Waals surface area contributed by atoms with E-state index in [4.69, 9.17) is 0 Å². The van der Waals surface area contributed by atoms with Crippen molar-refractivity contribution in [2.45, 2.75) is 44.1 Å². The second-order valence-corrected chi connectivity index (χ2v) is 11.9. The van der Waals surface area contributed by atoms with E-state index in [9.17, 15) is 13.5 Å². The van der Waals surface area contributed by atoms with Gasteiger partial charge in [-0.3, -0.25) is 4.98 Å². The van der Waals surface area contributed by atoms with Crippen molar-refractivity contribution in [1.29, 1.82) is 0 Å². The molecule has 0 amide bonds. The van der Waals surface area contributed by atoms with Crippen molar-refractivity contribution in [2.75, 3.05) is 6.26 Å². The first-order valence-corrected chi connectivity index (χ1v) is 13.6. The number of benzene rings is 3. The third-order valence-corrected chi connectivity index (χ3v) is 7.28. The minimum Gasteiger partial charge on any atom is -0.386 e. The smallest absolute Gasteiger partial charge is 0.175 e. The molecule has 35 heavy (non-hydrogen) atoms. The van der Waals surface area contributed by atoms with Gasteiger partial charge in [0.2, 0.25) is 0 Å². The lowest BCUT2D eigenvalue weighted by Gasteiger charge is -2.23. The average molecular weight is 486 g/mol. The lowest BCUT2D eigenvalue weighted by molar-refractivity contribution is 0.144. The molecule has 1 heterocycles. The molecule has 180 valence electrons. The minimum atomic E-state index is -3.29. The first-order valence-electron chi connectivity index (χ1n) is 11.7. The van der Waals surface area contributed by atoms with Crippen LogP contribution in [-0.2, 0) is 9.84 Å². The lowest BCUT2D eigenvalue weighted by Crippen LogP contribution is -2.20. The Morgan fingerprint density at radius 1 is 0.971 bits per heavy atom. The highest BCUT2D eigenvalue weighted by Gasteiger charge is 2.22. The van der Waals surface area contributed by atoms with Crippen LogP contribution in [0.3, 0.4) is 0 Å². The van der Waals surface area contributed by atoms with Gasteiger partial charge in [-0.25, -0.2) is 8.42 Å². The number of pyridine rings is 1. The minimum absolute atomic E-state index is 0.253. The van der Waals surface area contributed by atoms with E-state index in [0.717, 1.165) is 33.2 Å². The van der Waals surface area contributed by atoms with Gasteiger partial charge in [-0.05, 0) is 90.1 Å². The summed E-state index contributed by atoms with van der Waals surface area (Å²) in [6.07, 6.45) is 4.96. The molecule has 0 unspecified atom stereocenters. The molecule has 0 bridgehead atoms. The van der Waals surface area contributed by atoms with Gasteiger partial charge in [0.05, 0.1) is 16.0 Å². The predicted octanol–water partition coefficient (Wildman–Crippen LogP) is 6.74. The molecule has 4 rings (SSSR count). The van der Waals surface area contributed by atoms with Crippen molar-refractivity contribution in [3.8, 4) is 11.1 Å². The molecule has 0 aliphatic rings. The predicted molar refractivity (Wildman–Crippen MR) is 145 cm³/mol. The summed E-state index contributed by atoms with van der Waals surface area (Å²) in [5, 5.41) is 12.1. The molecule has 3 aromatic carbocycles. The van der Waals surface area contributed by atoms with Gasteiger partial charge in [0.15, 0.2) is 9.84 Å². The highest BCUT2D eigenvalue weighted by Crippen LogP contribution is 2.34. The van der Waals surface area contributed by atoms with E-state index < -0.39 is 15.4 Å². The summed E-state index contributed by atoms with van der Waals surface area (Å²) in [6, 6.07) is 23.3. The summed E-state index contributed by atoms with van der Waals surface area (Å²) < 4.78 is 23.7. The van der Waals surface area contributed by atoms with Gasteiger partial charge in [0, 0.05) is 23.4 Å². The van der Waals surface area contributed by atoms with Crippen molar-refractivity contribution in [1.82, 2.24) is 4.98 Å². The number of nitrogens with zero attached hydrogens (tertiary/aromatic N) is 1. The number of aromatic nitrogens is 1. The third-order valence-electron chi connectivity index (χ3n) is 6.16. The van der Waals surface area contributed by atoms with Crippen molar-refractivity contribution in [2.24, 2.45) is 0 Å². The number of sulfone groups is 1. The zero-order chi connectivity index (χ0) is 25.4. The molecular formula is C30H31NO3S. The fourth-order valence-corrected chi connectivity index (χ4v) is 4.86. The number of rotatable bonds is 6. The number of hydrogen-bond donors (Lipinski definition) is 1. The molecule has 0 saturated carbocycles. The Hall–Kier alpha value is -3.28. The maximum absolute atomic E-state index is 11.9. The maximum Gasteiger partial charge on any atom is 0.175 e. The van der Waals surface area contributed by atoms with Gasteiger partial charge in [0.1, 0.15) is 0 Å². The van der Waals surface area contributed by atoms with Crippen LogP contribution in [-0.4, -0.2) is 30.4 Å². The molecule has 5 heteroatoms. The molecule has 0 aliphatic carbocycles. The normalized spacial score (nSPS) is 12.9. The van der Waals surface area contributed by atoms with Crippen molar-refractivity contribution in [3.05, 3.63) is 95.7 Å². The SMILES string of the molecule is CC(C)c1cc(-c2cccc(/C=C(\c3ccc(S(C)(=O)=O)cc3)C(C)(C)O)c2)c2ncccc2c1. The lowest BCUT2D eigenvalue weighted by atomic mass is 9.89. The van der Waals surface area contributed by atoms with Crippen molar-refractivity contribution >= 4 is 32.4 Å². The molecule has 4 nitrogen and oxygen atoms in total. The van der Waals surface area contributed by atoms with E-state index in [0.29, 0.717) is 11.5 Å². The quantitative estimate of drug-likeness (QED) is 0.307. The Morgan fingerprint density at radius 2 is 1.69 bits per heavy atom. The van der Waals surface area contributed by atoms with Crippen LogP contribution in [0.25, 0.3) is 33.7 Å². The van der Waals surface area contributed by atoms with Gasteiger partial charge in [-0.15, -0.1) is 0 Å². The third kappa shape index (κ3) is 5.53. The molecule has 0 saturated heterocycles. The summed E-state index contributed by atoms with van der Waals surface area (Å²) in [6.45, 7) is 7.84. The molecule has 0 spiro atoms. The zero-order valence-electron chi connectivity index (χ0n) is 20.8. The number of aliphatic hydroxyl groups is 1. The topological polar surface area (TPSA) is 67.3 Å². The van der Waals surface area contributed by atoms with E-state index in [1.54, 1.807) is 38.1 Å². The van der Waals surface area contributed by atoms with Gasteiger partial charge in [-0.2, -0.15) is 0 Å². The highest BCUT2D eigenvalue weighted by molar-refractivity contribution is 7.90. The van der Waals surface area contributed by atoms with E-state index in [2.05, 4.69) is 49.2 Å². The van der Waals surface area contributed by atoms with Gasteiger partial charge in [0.25, 0.3) is 0 Å². The van der Waals surface area contributed by atoms with Crippen LogP contribution in [0.4, 0.5) is 0 Å². The second kappa shape index (κ2) is 9.40. The van der Waals surface area contributed by atoms with Crippen LogP contribution < -0.4 is 0 Å². The summed E-state index contributed by atoms with van der Waals surface area (Å²) in [5.74, 6) is 0.387. The zero-order valence-corrected chi connectivity index (χ0v) is 21.6. The van der Waals surface area contributed by atoms with Crippen LogP contribution in [0.1, 0.15) is 50.3 Å².